The number of thioether (sulfide) groups is 1. The van der Waals surface area contributed by atoms with Crippen LogP contribution in [-0.2, 0) is 6.54 Å². The molecule has 0 amide bonds. The lowest BCUT2D eigenvalue weighted by atomic mass is 10.2. The van der Waals surface area contributed by atoms with Gasteiger partial charge < -0.3 is 20.5 Å². The van der Waals surface area contributed by atoms with E-state index in [9.17, 15) is 0 Å². The van der Waals surface area contributed by atoms with Crippen LogP contribution in [0.3, 0.4) is 0 Å². The highest BCUT2D eigenvalue weighted by Gasteiger charge is 2.13. The van der Waals surface area contributed by atoms with E-state index in [1.165, 1.54) is 0 Å². The highest BCUT2D eigenvalue weighted by atomic mass is 32.2. The molecule has 2 aromatic rings. The quantitative estimate of drug-likeness (QED) is 0.453. The Kier molecular flexibility index (Phi) is 6.74. The number of ether oxygens (including phenoxy) is 2. The van der Waals surface area contributed by atoms with Crippen LogP contribution in [-0.4, -0.2) is 29.9 Å². The van der Waals surface area contributed by atoms with Crippen LogP contribution in [0.15, 0.2) is 46.5 Å². The molecule has 140 valence electrons. The number of aliphatic imine (C=N–C) groups is 1. The molecule has 3 N–H and O–H groups in total. The van der Waals surface area contributed by atoms with Gasteiger partial charge in [0.05, 0.1) is 25.8 Å². The first kappa shape index (κ1) is 19.9. The van der Waals surface area contributed by atoms with Crippen molar-refractivity contribution in [3.8, 4) is 11.5 Å². The van der Waals surface area contributed by atoms with Gasteiger partial charge in [-0.25, -0.2) is 9.98 Å². The summed E-state index contributed by atoms with van der Waals surface area (Å²) in [6.07, 6.45) is 1.80. The Labute approximate surface area is 159 Å². The Hall–Kier alpha value is -2.41. The first-order chi connectivity index (χ1) is 12.3. The lowest BCUT2D eigenvalue weighted by Crippen LogP contribution is -2.22. The van der Waals surface area contributed by atoms with Crippen LogP contribution < -0.4 is 20.5 Å². The molecule has 0 aliphatic rings. The number of rotatable bonds is 6. The van der Waals surface area contributed by atoms with Gasteiger partial charge in [0.15, 0.2) is 17.5 Å². The van der Waals surface area contributed by atoms with Crippen molar-refractivity contribution in [2.45, 2.75) is 37.1 Å². The predicted molar refractivity (Wildman–Crippen MR) is 108 cm³/mol. The van der Waals surface area contributed by atoms with Gasteiger partial charge in [0.25, 0.3) is 0 Å². The van der Waals surface area contributed by atoms with Crippen LogP contribution in [0.5, 0.6) is 11.5 Å². The van der Waals surface area contributed by atoms with Gasteiger partial charge in [-0.15, -0.1) is 11.8 Å². The van der Waals surface area contributed by atoms with E-state index >= 15 is 0 Å². The molecule has 6 nitrogen and oxygen atoms in total. The summed E-state index contributed by atoms with van der Waals surface area (Å²) in [6.45, 7) is 6.96. The average molecular weight is 375 g/mol. The molecular formula is C19H26N4O2S. The van der Waals surface area contributed by atoms with Crippen molar-refractivity contribution in [2.75, 3.05) is 19.5 Å². The van der Waals surface area contributed by atoms with Crippen LogP contribution in [0.4, 0.5) is 5.69 Å². The number of guanidine groups is 1. The lowest BCUT2D eigenvalue weighted by Gasteiger charge is -2.16. The number of nitrogens with zero attached hydrogens (tertiary/aromatic N) is 2. The van der Waals surface area contributed by atoms with Crippen LogP contribution in [0.1, 0.15) is 26.3 Å². The van der Waals surface area contributed by atoms with Gasteiger partial charge in [0, 0.05) is 22.7 Å². The standard InChI is InChI=1S/C19H26N4O2S/c1-19(2,3)26-17-10-13(8-9-21-17)12-22-18(20)23-14-6-7-15(24-4)16(11-14)25-5/h6-11H,12H2,1-5H3,(H3,20,22,23). The van der Waals surface area contributed by atoms with E-state index < -0.39 is 0 Å². The Balaban J connectivity index is 2.03. The van der Waals surface area contributed by atoms with Crippen molar-refractivity contribution in [3.05, 3.63) is 42.1 Å². The van der Waals surface area contributed by atoms with Crippen molar-refractivity contribution in [1.82, 2.24) is 4.98 Å². The molecule has 0 radical (unpaired) electrons. The molecule has 26 heavy (non-hydrogen) atoms. The topological polar surface area (TPSA) is 81.8 Å². The third kappa shape index (κ3) is 6.15. The third-order valence-corrected chi connectivity index (χ3v) is 4.34. The second-order valence-corrected chi connectivity index (χ2v) is 8.46. The van der Waals surface area contributed by atoms with Gasteiger partial charge in [-0.2, -0.15) is 0 Å². The summed E-state index contributed by atoms with van der Waals surface area (Å²) in [7, 11) is 3.19. The van der Waals surface area contributed by atoms with E-state index in [1.54, 1.807) is 32.2 Å². The highest BCUT2D eigenvalue weighted by molar-refractivity contribution is 8.00. The zero-order valence-corrected chi connectivity index (χ0v) is 16.7. The molecule has 0 atom stereocenters. The van der Waals surface area contributed by atoms with Crippen molar-refractivity contribution >= 4 is 23.4 Å². The van der Waals surface area contributed by atoms with E-state index in [2.05, 4.69) is 36.1 Å². The van der Waals surface area contributed by atoms with Crippen molar-refractivity contribution in [1.29, 1.82) is 0 Å². The van der Waals surface area contributed by atoms with Gasteiger partial charge in [-0.3, -0.25) is 0 Å². The van der Waals surface area contributed by atoms with Crippen molar-refractivity contribution < 1.29 is 9.47 Å². The zero-order valence-electron chi connectivity index (χ0n) is 15.9. The second kappa shape index (κ2) is 8.80. The summed E-state index contributed by atoms with van der Waals surface area (Å²) in [6, 6.07) is 9.47. The Morgan fingerprint density at radius 1 is 1.15 bits per heavy atom. The molecule has 0 bridgehead atoms. The van der Waals surface area contributed by atoms with Crippen LogP contribution in [0.25, 0.3) is 0 Å². The molecule has 0 aliphatic heterocycles. The maximum absolute atomic E-state index is 6.00. The fourth-order valence-corrected chi connectivity index (χ4v) is 3.15. The average Bonchev–Trinajstić information content (AvgIpc) is 2.58. The van der Waals surface area contributed by atoms with Crippen LogP contribution in [0.2, 0.25) is 0 Å². The van der Waals surface area contributed by atoms with E-state index in [0.717, 1.165) is 16.3 Å². The summed E-state index contributed by atoms with van der Waals surface area (Å²) in [5, 5.41) is 4.05. The third-order valence-electron chi connectivity index (χ3n) is 3.30. The first-order valence-electron chi connectivity index (χ1n) is 8.23. The summed E-state index contributed by atoms with van der Waals surface area (Å²) in [5.41, 5.74) is 7.84. The molecule has 0 fully saturated rings. The SMILES string of the molecule is COc1ccc(NC(N)=NCc2ccnc(SC(C)(C)C)c2)cc1OC. The van der Waals surface area contributed by atoms with Crippen LogP contribution >= 0.6 is 11.8 Å². The minimum Gasteiger partial charge on any atom is -0.493 e. The zero-order chi connectivity index (χ0) is 19.2. The number of benzene rings is 1. The summed E-state index contributed by atoms with van der Waals surface area (Å²) < 4.78 is 10.6. The lowest BCUT2D eigenvalue weighted by molar-refractivity contribution is 0.355. The van der Waals surface area contributed by atoms with Gasteiger partial charge in [-0.05, 0) is 29.8 Å². The largest absolute Gasteiger partial charge is 0.493 e. The summed E-state index contributed by atoms with van der Waals surface area (Å²) >= 11 is 1.73. The molecule has 1 heterocycles. The van der Waals surface area contributed by atoms with E-state index in [1.807, 2.05) is 30.3 Å². The number of pyridine rings is 1. The van der Waals surface area contributed by atoms with Gasteiger partial charge in [0.1, 0.15) is 0 Å². The van der Waals surface area contributed by atoms with Crippen LogP contribution in [0, 0.1) is 0 Å². The first-order valence-corrected chi connectivity index (χ1v) is 9.05. The molecule has 0 saturated carbocycles. The molecule has 7 heteroatoms. The number of hydrogen-bond acceptors (Lipinski definition) is 5. The number of anilines is 1. The van der Waals surface area contributed by atoms with Gasteiger partial charge >= 0.3 is 0 Å². The number of hydrogen-bond donors (Lipinski definition) is 2. The molecule has 2 rings (SSSR count). The maximum Gasteiger partial charge on any atom is 0.193 e. The molecule has 0 aliphatic carbocycles. The van der Waals surface area contributed by atoms with Crippen molar-refractivity contribution in [3.63, 3.8) is 0 Å². The molecule has 1 aromatic carbocycles. The molecule has 1 aromatic heterocycles. The minimum atomic E-state index is 0.114. The maximum atomic E-state index is 6.00. The molecule has 0 unspecified atom stereocenters. The van der Waals surface area contributed by atoms with Gasteiger partial charge in [-0.1, -0.05) is 20.8 Å². The predicted octanol–water partition coefficient (Wildman–Crippen LogP) is 3.92. The monoisotopic (exact) mass is 374 g/mol. The summed E-state index contributed by atoms with van der Waals surface area (Å²) in [5.74, 6) is 1.62. The molecule has 0 spiro atoms. The van der Waals surface area contributed by atoms with Gasteiger partial charge in [0.2, 0.25) is 0 Å². The number of aromatic nitrogens is 1. The summed E-state index contributed by atoms with van der Waals surface area (Å²) in [4.78, 5) is 8.80. The van der Waals surface area contributed by atoms with E-state index in [-0.39, 0.29) is 4.75 Å². The second-order valence-electron chi connectivity index (χ2n) is 6.61. The minimum absolute atomic E-state index is 0.114. The van der Waals surface area contributed by atoms with Crippen molar-refractivity contribution in [2.24, 2.45) is 10.7 Å². The number of nitrogens with two attached hydrogens (primary N) is 1. The Morgan fingerprint density at radius 2 is 1.88 bits per heavy atom. The molecular weight excluding hydrogens is 348 g/mol. The fourth-order valence-electron chi connectivity index (χ4n) is 2.20. The van der Waals surface area contributed by atoms with E-state index in [4.69, 9.17) is 15.2 Å². The number of methoxy groups -OCH3 is 2. The fraction of sp³-hybridized carbons (Fsp3) is 0.368. The highest BCUT2D eigenvalue weighted by Crippen LogP contribution is 2.31. The van der Waals surface area contributed by atoms with E-state index in [0.29, 0.717) is 24.0 Å². The normalized spacial score (nSPS) is 12.0. The molecule has 0 saturated heterocycles. The smallest absolute Gasteiger partial charge is 0.193 e. The Morgan fingerprint density at radius 3 is 2.54 bits per heavy atom. The Bertz CT molecular complexity index is 772. The number of nitrogens with one attached hydrogen (secondary N) is 1.